The highest BCUT2D eigenvalue weighted by atomic mass is 16.5. The van der Waals surface area contributed by atoms with Gasteiger partial charge in [0.1, 0.15) is 5.75 Å². The number of amides is 1. The lowest BCUT2D eigenvalue weighted by Gasteiger charge is -2.36. The van der Waals surface area contributed by atoms with E-state index in [2.05, 4.69) is 52.2 Å². The van der Waals surface area contributed by atoms with Crippen LogP contribution >= 0.6 is 0 Å². The summed E-state index contributed by atoms with van der Waals surface area (Å²) in [4.78, 5) is 25.6. The molecule has 5 rings (SSSR count). The van der Waals surface area contributed by atoms with Crippen molar-refractivity contribution in [3.63, 3.8) is 0 Å². The first-order valence-electron chi connectivity index (χ1n) is 17.3. The number of likely N-dealkylation sites (N-methyl/N-ethyl adjacent to an activating group) is 1. The first kappa shape index (κ1) is 32.7. The largest absolute Gasteiger partial charge is 0.494 e. The van der Waals surface area contributed by atoms with Crippen molar-refractivity contribution < 1.29 is 14.3 Å². The van der Waals surface area contributed by atoms with Crippen molar-refractivity contribution in [3.05, 3.63) is 42.1 Å². The molecule has 8 heteroatoms. The number of hydrogen-bond acceptors (Lipinski definition) is 7. The van der Waals surface area contributed by atoms with Gasteiger partial charge in [-0.05, 0) is 101 Å². The molecule has 0 unspecified atom stereocenters. The predicted octanol–water partition coefficient (Wildman–Crippen LogP) is 5.11. The number of nitrogens with zero attached hydrogens (tertiary/aromatic N) is 4. The van der Waals surface area contributed by atoms with E-state index in [4.69, 9.17) is 14.5 Å². The summed E-state index contributed by atoms with van der Waals surface area (Å²) >= 11 is 0. The molecule has 2 saturated heterocycles. The third-order valence-corrected chi connectivity index (χ3v) is 9.97. The van der Waals surface area contributed by atoms with Crippen LogP contribution in [0.25, 0.3) is 11.1 Å². The van der Waals surface area contributed by atoms with Crippen LogP contribution in [-0.2, 0) is 11.2 Å². The summed E-state index contributed by atoms with van der Waals surface area (Å²) in [7, 11) is 2.22. The Bertz CT molecular complexity index is 1150. The van der Waals surface area contributed by atoms with E-state index in [1.54, 1.807) is 0 Å². The number of carbonyl (C=O) groups excluding carboxylic acids is 1. The second-order valence-corrected chi connectivity index (χ2v) is 13.3. The van der Waals surface area contributed by atoms with Crippen LogP contribution in [0, 0.1) is 11.8 Å². The van der Waals surface area contributed by atoms with Crippen molar-refractivity contribution in [2.75, 3.05) is 72.6 Å². The second kappa shape index (κ2) is 16.6. The number of piperidine rings is 1. The Morgan fingerprint density at radius 1 is 0.886 bits per heavy atom. The second-order valence-electron chi connectivity index (χ2n) is 13.3. The van der Waals surface area contributed by atoms with Gasteiger partial charge in [0.05, 0.1) is 25.3 Å². The van der Waals surface area contributed by atoms with Crippen LogP contribution in [-0.4, -0.2) is 104 Å². The van der Waals surface area contributed by atoms with Crippen molar-refractivity contribution in [2.45, 2.75) is 71.3 Å². The summed E-state index contributed by atoms with van der Waals surface area (Å²) in [5, 5.41) is 3.26. The number of ether oxygens (including phenoxy) is 2. The van der Waals surface area contributed by atoms with Gasteiger partial charge in [-0.2, -0.15) is 0 Å². The molecule has 0 radical (unpaired) electrons. The summed E-state index contributed by atoms with van der Waals surface area (Å²) in [6.45, 7) is 14.7. The lowest BCUT2D eigenvalue weighted by atomic mass is 9.84. The molecule has 1 aliphatic carbocycles. The lowest BCUT2D eigenvalue weighted by molar-refractivity contribution is -0.121. The fourth-order valence-corrected chi connectivity index (χ4v) is 6.95. The minimum atomic E-state index is 0.0410. The van der Waals surface area contributed by atoms with Crippen LogP contribution in [0.4, 0.5) is 0 Å². The Labute approximate surface area is 265 Å². The van der Waals surface area contributed by atoms with E-state index in [0.717, 1.165) is 55.0 Å². The van der Waals surface area contributed by atoms with Gasteiger partial charge in [-0.1, -0.05) is 31.4 Å². The Hall–Kier alpha value is -2.68. The highest BCUT2D eigenvalue weighted by Gasteiger charge is 2.24. The molecule has 2 aromatic rings. The van der Waals surface area contributed by atoms with E-state index < -0.39 is 0 Å². The van der Waals surface area contributed by atoms with E-state index in [9.17, 15) is 4.79 Å². The molecule has 1 N–H and O–H groups in total. The summed E-state index contributed by atoms with van der Waals surface area (Å²) in [6, 6.07) is 12.4. The van der Waals surface area contributed by atoms with Gasteiger partial charge in [0, 0.05) is 50.9 Å². The molecular weight excluding hydrogens is 550 g/mol. The average Bonchev–Trinajstić information content (AvgIpc) is 3.05. The molecule has 3 heterocycles. The Balaban J connectivity index is 1.18. The van der Waals surface area contributed by atoms with Gasteiger partial charge in [-0.15, -0.1) is 0 Å². The van der Waals surface area contributed by atoms with Crippen LogP contribution < -0.4 is 14.8 Å². The molecule has 1 aromatic heterocycles. The zero-order valence-corrected chi connectivity index (χ0v) is 27.4. The van der Waals surface area contributed by atoms with Crippen LogP contribution in [0.5, 0.6) is 11.6 Å². The first-order valence-corrected chi connectivity index (χ1v) is 17.3. The number of likely N-dealkylation sites (tertiary alicyclic amines) is 1. The van der Waals surface area contributed by atoms with Crippen LogP contribution in [0.1, 0.15) is 64.5 Å². The average molecular weight is 606 g/mol. The van der Waals surface area contributed by atoms with E-state index in [0.29, 0.717) is 30.9 Å². The highest BCUT2D eigenvalue weighted by molar-refractivity contribution is 5.79. The molecule has 0 bridgehead atoms. The van der Waals surface area contributed by atoms with Gasteiger partial charge < -0.3 is 24.6 Å². The maximum atomic E-state index is 13.0. The molecule has 1 saturated carbocycles. The summed E-state index contributed by atoms with van der Waals surface area (Å²) in [6.07, 6.45) is 8.84. The third kappa shape index (κ3) is 9.66. The van der Waals surface area contributed by atoms with Crippen molar-refractivity contribution in [3.8, 4) is 22.8 Å². The number of piperazine rings is 1. The SMILES string of the molecule is CCOc1ccc(-c2ccc(CC(=O)N[C@H](C)C3CCCCC3)nc2OCC2CCN(CCN3CCN(C)CC3)CC2)cc1. The van der Waals surface area contributed by atoms with Crippen LogP contribution in [0.2, 0.25) is 0 Å². The highest BCUT2D eigenvalue weighted by Crippen LogP contribution is 2.32. The number of benzene rings is 1. The van der Waals surface area contributed by atoms with E-state index >= 15 is 0 Å². The minimum absolute atomic E-state index is 0.0410. The summed E-state index contributed by atoms with van der Waals surface area (Å²) in [5.41, 5.74) is 2.75. The number of pyridine rings is 1. The third-order valence-electron chi connectivity index (χ3n) is 9.97. The Kier molecular flexibility index (Phi) is 12.3. The van der Waals surface area contributed by atoms with Crippen molar-refractivity contribution in [1.29, 1.82) is 0 Å². The number of carbonyl (C=O) groups is 1. The maximum Gasteiger partial charge on any atom is 0.226 e. The number of hydrogen-bond donors (Lipinski definition) is 1. The van der Waals surface area contributed by atoms with Crippen LogP contribution in [0.15, 0.2) is 36.4 Å². The molecule has 2 aliphatic heterocycles. The first-order chi connectivity index (χ1) is 21.5. The van der Waals surface area contributed by atoms with Crippen molar-refractivity contribution >= 4 is 5.91 Å². The van der Waals surface area contributed by atoms with E-state index in [1.165, 1.54) is 64.8 Å². The van der Waals surface area contributed by atoms with Gasteiger partial charge >= 0.3 is 0 Å². The molecule has 242 valence electrons. The zero-order valence-electron chi connectivity index (χ0n) is 27.4. The molecule has 3 fully saturated rings. The smallest absolute Gasteiger partial charge is 0.226 e. The number of aromatic nitrogens is 1. The summed E-state index contributed by atoms with van der Waals surface area (Å²) in [5.74, 6) is 2.61. The lowest BCUT2D eigenvalue weighted by Crippen LogP contribution is -2.47. The number of nitrogens with one attached hydrogen (secondary N) is 1. The number of rotatable bonds is 13. The molecule has 8 nitrogen and oxygen atoms in total. The molecule has 1 amide bonds. The van der Waals surface area contributed by atoms with Gasteiger partial charge in [-0.25, -0.2) is 4.98 Å². The molecule has 44 heavy (non-hydrogen) atoms. The Morgan fingerprint density at radius 2 is 1.57 bits per heavy atom. The van der Waals surface area contributed by atoms with Gasteiger partial charge in [0.15, 0.2) is 0 Å². The topological polar surface area (TPSA) is 70.2 Å². The van der Waals surface area contributed by atoms with Gasteiger partial charge in [-0.3, -0.25) is 9.69 Å². The van der Waals surface area contributed by atoms with Crippen molar-refractivity contribution in [1.82, 2.24) is 25.0 Å². The van der Waals surface area contributed by atoms with Crippen LogP contribution in [0.3, 0.4) is 0 Å². The monoisotopic (exact) mass is 605 g/mol. The molecular formula is C36H55N5O3. The molecule has 1 atom stereocenters. The fraction of sp³-hybridized carbons (Fsp3) is 0.667. The summed E-state index contributed by atoms with van der Waals surface area (Å²) < 4.78 is 12.2. The van der Waals surface area contributed by atoms with Gasteiger partial charge in [0.25, 0.3) is 0 Å². The Morgan fingerprint density at radius 3 is 2.25 bits per heavy atom. The predicted molar refractivity (Wildman–Crippen MR) is 177 cm³/mol. The molecule has 3 aliphatic rings. The fourth-order valence-electron chi connectivity index (χ4n) is 6.95. The standard InChI is InChI=1S/C36H55N5O3/c1-4-43-33-13-10-31(11-14-33)34-15-12-32(26-35(42)37-28(2)30-8-6-5-7-9-30)38-36(34)44-27-29-16-18-40(19-17-29)24-25-41-22-20-39(3)21-23-41/h10-15,28-30H,4-9,16-27H2,1-3H3,(H,37,42)/t28-/m1/s1. The molecule has 1 aromatic carbocycles. The van der Waals surface area contributed by atoms with E-state index in [1.807, 2.05) is 25.1 Å². The normalized spacial score (nSPS) is 20.3. The minimum Gasteiger partial charge on any atom is -0.494 e. The molecule has 0 spiro atoms. The van der Waals surface area contributed by atoms with Gasteiger partial charge in [0.2, 0.25) is 11.8 Å². The maximum absolute atomic E-state index is 13.0. The van der Waals surface area contributed by atoms with E-state index in [-0.39, 0.29) is 18.4 Å². The van der Waals surface area contributed by atoms with Crippen molar-refractivity contribution in [2.24, 2.45) is 11.8 Å². The quantitative estimate of drug-likeness (QED) is 0.340. The zero-order chi connectivity index (χ0) is 30.7.